The SMILES string of the molecule is FC1=CC(F)(Cl)C=CC1CCl. The van der Waals surface area contributed by atoms with Crippen LogP contribution in [0.5, 0.6) is 0 Å². The highest BCUT2D eigenvalue weighted by Gasteiger charge is 2.27. The van der Waals surface area contributed by atoms with Gasteiger partial charge in [0.1, 0.15) is 5.83 Å². The zero-order chi connectivity index (χ0) is 8.48. The lowest BCUT2D eigenvalue weighted by Gasteiger charge is -2.17. The first-order valence-corrected chi connectivity index (χ1v) is 3.98. The van der Waals surface area contributed by atoms with Gasteiger partial charge in [-0.1, -0.05) is 17.7 Å². The minimum absolute atomic E-state index is 0.103. The molecule has 0 heterocycles. The minimum atomic E-state index is -2.17. The van der Waals surface area contributed by atoms with Gasteiger partial charge >= 0.3 is 0 Å². The van der Waals surface area contributed by atoms with Gasteiger partial charge in [0.05, 0.1) is 0 Å². The molecule has 1 aliphatic rings. The van der Waals surface area contributed by atoms with Gasteiger partial charge in [-0.25, -0.2) is 8.78 Å². The first kappa shape index (κ1) is 9.01. The molecule has 0 fully saturated rings. The molecule has 0 aliphatic heterocycles. The van der Waals surface area contributed by atoms with Crippen molar-refractivity contribution in [3.05, 3.63) is 24.1 Å². The number of halogens is 4. The summed E-state index contributed by atoms with van der Waals surface area (Å²) in [5.41, 5.74) is 0. The fourth-order valence-electron chi connectivity index (χ4n) is 0.801. The maximum atomic E-state index is 12.8. The molecule has 1 rings (SSSR count). The van der Waals surface area contributed by atoms with Crippen molar-refractivity contribution in [2.24, 2.45) is 5.92 Å². The molecule has 0 aromatic rings. The molecule has 0 amide bonds. The maximum Gasteiger partial charge on any atom is 0.223 e. The highest BCUT2D eigenvalue weighted by molar-refractivity contribution is 6.25. The van der Waals surface area contributed by atoms with Crippen LogP contribution in [0.4, 0.5) is 8.78 Å². The van der Waals surface area contributed by atoms with Crippen LogP contribution < -0.4 is 0 Å². The fraction of sp³-hybridized carbons (Fsp3) is 0.429. The van der Waals surface area contributed by atoms with Crippen LogP contribution >= 0.6 is 23.2 Å². The van der Waals surface area contributed by atoms with Crippen LogP contribution in [0.15, 0.2) is 24.1 Å². The summed E-state index contributed by atoms with van der Waals surface area (Å²) in [7, 11) is 0. The molecule has 0 bridgehead atoms. The van der Waals surface area contributed by atoms with Crippen LogP contribution in [0, 0.1) is 5.92 Å². The number of rotatable bonds is 1. The smallest absolute Gasteiger partial charge is 0.217 e. The van der Waals surface area contributed by atoms with Crippen molar-refractivity contribution in [2.75, 3.05) is 5.88 Å². The van der Waals surface area contributed by atoms with Gasteiger partial charge < -0.3 is 0 Å². The number of hydrogen-bond donors (Lipinski definition) is 0. The molecule has 0 spiro atoms. The summed E-state index contributed by atoms with van der Waals surface area (Å²) < 4.78 is 25.5. The highest BCUT2D eigenvalue weighted by atomic mass is 35.5. The van der Waals surface area contributed by atoms with Crippen LogP contribution in [0.1, 0.15) is 0 Å². The quantitative estimate of drug-likeness (QED) is 0.449. The van der Waals surface area contributed by atoms with Gasteiger partial charge in [0.25, 0.3) is 0 Å². The summed E-state index contributed by atoms with van der Waals surface area (Å²) in [6.45, 7) is 0. The first-order valence-electron chi connectivity index (χ1n) is 3.06. The van der Waals surface area contributed by atoms with Gasteiger partial charge in [-0.15, -0.1) is 11.6 Å². The Bertz CT molecular complexity index is 208. The van der Waals surface area contributed by atoms with Crippen molar-refractivity contribution in [2.45, 2.75) is 5.13 Å². The molecule has 62 valence electrons. The van der Waals surface area contributed by atoms with Crippen molar-refractivity contribution in [1.29, 1.82) is 0 Å². The van der Waals surface area contributed by atoms with E-state index in [-0.39, 0.29) is 5.88 Å². The van der Waals surface area contributed by atoms with Crippen molar-refractivity contribution >= 4 is 23.2 Å². The lowest BCUT2D eigenvalue weighted by atomic mass is 10.0. The van der Waals surface area contributed by atoms with Crippen LogP contribution in [-0.4, -0.2) is 11.0 Å². The molecule has 11 heavy (non-hydrogen) atoms. The Kier molecular flexibility index (Phi) is 2.55. The van der Waals surface area contributed by atoms with Crippen molar-refractivity contribution in [3.8, 4) is 0 Å². The van der Waals surface area contributed by atoms with E-state index >= 15 is 0 Å². The predicted octanol–water partition coefficient (Wildman–Crippen LogP) is 3.17. The Labute approximate surface area is 73.5 Å². The van der Waals surface area contributed by atoms with E-state index in [1.807, 2.05) is 0 Å². The van der Waals surface area contributed by atoms with E-state index in [0.717, 1.165) is 12.2 Å². The molecule has 0 aromatic heterocycles. The Morgan fingerprint density at radius 3 is 2.73 bits per heavy atom. The second kappa shape index (κ2) is 3.11. The largest absolute Gasteiger partial charge is 0.223 e. The average Bonchev–Trinajstić information content (AvgIpc) is 1.86. The zero-order valence-electron chi connectivity index (χ0n) is 5.53. The van der Waals surface area contributed by atoms with Crippen LogP contribution in [0.2, 0.25) is 0 Å². The topological polar surface area (TPSA) is 0 Å². The van der Waals surface area contributed by atoms with E-state index in [1.54, 1.807) is 0 Å². The molecule has 0 aromatic carbocycles. The predicted molar refractivity (Wildman–Crippen MR) is 42.2 cm³/mol. The molecule has 1 aliphatic carbocycles. The Hall–Kier alpha value is -0.0800. The molecule has 0 saturated heterocycles. The molecule has 0 N–H and O–H groups in total. The molecular weight excluding hydrogens is 193 g/mol. The van der Waals surface area contributed by atoms with Crippen molar-refractivity contribution < 1.29 is 8.78 Å². The van der Waals surface area contributed by atoms with Gasteiger partial charge in [0.15, 0.2) is 0 Å². The molecule has 0 radical (unpaired) electrons. The Morgan fingerprint density at radius 2 is 2.27 bits per heavy atom. The Balaban J connectivity index is 2.80. The highest BCUT2D eigenvalue weighted by Crippen LogP contribution is 2.32. The minimum Gasteiger partial charge on any atom is -0.217 e. The summed E-state index contributed by atoms with van der Waals surface area (Å²) in [5.74, 6) is -1.04. The molecule has 4 heteroatoms. The van der Waals surface area contributed by atoms with E-state index in [2.05, 4.69) is 0 Å². The maximum absolute atomic E-state index is 12.8. The van der Waals surface area contributed by atoms with Gasteiger partial charge in [0.2, 0.25) is 5.13 Å². The van der Waals surface area contributed by atoms with Crippen molar-refractivity contribution in [3.63, 3.8) is 0 Å². The first-order chi connectivity index (χ1) is 5.05. The number of alkyl halides is 3. The molecule has 0 nitrogen and oxygen atoms in total. The van der Waals surface area contributed by atoms with E-state index in [4.69, 9.17) is 23.2 Å². The lowest BCUT2D eigenvalue weighted by Crippen LogP contribution is -2.15. The van der Waals surface area contributed by atoms with Crippen LogP contribution in [0.25, 0.3) is 0 Å². The summed E-state index contributed by atoms with van der Waals surface area (Å²) in [6.07, 6.45) is 3.14. The monoisotopic (exact) mass is 198 g/mol. The summed E-state index contributed by atoms with van der Waals surface area (Å²) >= 11 is 10.5. The average molecular weight is 199 g/mol. The zero-order valence-corrected chi connectivity index (χ0v) is 7.04. The van der Waals surface area contributed by atoms with Crippen LogP contribution in [-0.2, 0) is 0 Å². The number of allylic oxidation sites excluding steroid dienone is 4. The summed E-state index contributed by atoms with van der Waals surface area (Å²) in [4.78, 5) is 0. The van der Waals surface area contributed by atoms with E-state index in [0.29, 0.717) is 0 Å². The van der Waals surface area contributed by atoms with Gasteiger partial charge in [-0.05, 0) is 6.08 Å². The third kappa shape index (κ3) is 2.17. The molecule has 2 unspecified atom stereocenters. The van der Waals surface area contributed by atoms with Gasteiger partial charge in [-0.2, -0.15) is 0 Å². The summed E-state index contributed by atoms with van der Waals surface area (Å²) in [5, 5.41) is -2.17. The van der Waals surface area contributed by atoms with Gasteiger partial charge in [-0.3, -0.25) is 0 Å². The van der Waals surface area contributed by atoms with E-state index in [1.165, 1.54) is 6.08 Å². The van der Waals surface area contributed by atoms with Gasteiger partial charge in [0, 0.05) is 17.9 Å². The van der Waals surface area contributed by atoms with E-state index in [9.17, 15) is 8.78 Å². The number of hydrogen-bond acceptors (Lipinski definition) is 0. The van der Waals surface area contributed by atoms with E-state index < -0.39 is 16.9 Å². The third-order valence-electron chi connectivity index (χ3n) is 1.40. The molecule has 0 saturated carbocycles. The fourth-order valence-corrected chi connectivity index (χ4v) is 1.23. The third-order valence-corrected chi connectivity index (χ3v) is 1.97. The standard InChI is InChI=1S/C7H6Cl2F2/c8-4-5-1-2-7(9,11)3-6(5)10/h1-3,5H,4H2. The normalized spacial score (nSPS) is 37.1. The second-order valence-electron chi connectivity index (χ2n) is 2.32. The molecule has 2 atom stereocenters. The lowest BCUT2D eigenvalue weighted by molar-refractivity contribution is 0.390. The second-order valence-corrected chi connectivity index (χ2v) is 3.21. The van der Waals surface area contributed by atoms with Crippen LogP contribution in [0.3, 0.4) is 0 Å². The Morgan fingerprint density at radius 1 is 1.64 bits per heavy atom. The summed E-state index contributed by atoms with van der Waals surface area (Å²) in [6, 6.07) is 0. The van der Waals surface area contributed by atoms with Crippen molar-refractivity contribution in [1.82, 2.24) is 0 Å². The molecular formula is C7H6Cl2F2.